The Morgan fingerprint density at radius 3 is 0.693 bits per heavy atom. The summed E-state index contributed by atoms with van der Waals surface area (Å²) in [6.45, 7) is -102. The zero-order valence-electron chi connectivity index (χ0n) is 189. The van der Waals surface area contributed by atoms with Crippen LogP contribution in [0.3, 0.4) is 0 Å². The second-order valence-corrected chi connectivity index (χ2v) is 30.7. The highest BCUT2D eigenvalue weighted by Gasteiger charge is 2.33. The van der Waals surface area contributed by atoms with Crippen molar-refractivity contribution < 1.29 is 179 Å². The third kappa shape index (κ3) is 35.8. The number of urea groups is 5. The lowest BCUT2D eigenvalue weighted by molar-refractivity contribution is 0.194. The number of nitrogens with zero attached hydrogens (tertiary/aromatic N) is 15. The van der Waals surface area contributed by atoms with Crippen molar-refractivity contribution in [1.29, 1.82) is 0 Å². The number of hydrogen-bond donors (Lipinski definition) is 5. The molecule has 5 saturated carbocycles. The molecule has 5 aromatic rings. The van der Waals surface area contributed by atoms with E-state index >= 15 is 0 Å². The third-order valence-corrected chi connectivity index (χ3v) is 20.2. The molecule has 15 rings (SSSR count). The first-order valence-electron chi connectivity index (χ1n) is 96.9. The van der Waals surface area contributed by atoms with E-state index in [9.17, 15) is 24.0 Å². The molecule has 5 saturated heterocycles. The number of hydrogen-bond acceptors (Lipinski definition) is 15. The van der Waals surface area contributed by atoms with E-state index < -0.39 is 490 Å². The maximum atomic E-state index is 12.8. The number of amides is 10. The molecule has 10 amide bonds. The Kier molecular flexibility index (Phi) is 14.5. The summed E-state index contributed by atoms with van der Waals surface area (Å²) in [6.07, 6.45) is -106. The van der Waals surface area contributed by atoms with Crippen molar-refractivity contribution in [3.05, 3.63) is 144 Å². The predicted molar refractivity (Wildman–Crippen MR) is 587 cm³/mol. The summed E-state index contributed by atoms with van der Waals surface area (Å²) in [5.74, 6) is -22.5. The summed E-state index contributed by atoms with van der Waals surface area (Å²) in [5.41, 5.74) is -1.80. The van der Waals surface area contributed by atoms with Gasteiger partial charge in [0.1, 0.15) is 0 Å². The van der Waals surface area contributed by atoms with Crippen molar-refractivity contribution >= 4 is 117 Å². The van der Waals surface area contributed by atoms with Crippen LogP contribution in [0.2, 0.25) is 25.1 Å². The van der Waals surface area contributed by atoms with Crippen molar-refractivity contribution in [2.45, 2.75) is 224 Å². The molecule has 5 aromatic carbocycles. The lowest BCUT2D eigenvalue weighted by Gasteiger charge is -2.37. The van der Waals surface area contributed by atoms with Crippen LogP contribution < -0.4 is 51.1 Å². The van der Waals surface area contributed by atoms with Crippen molar-refractivity contribution in [3.8, 4) is 0 Å². The van der Waals surface area contributed by atoms with Crippen LogP contribution in [0.25, 0.3) is 0 Å². The van der Waals surface area contributed by atoms with Crippen LogP contribution in [0.1, 0.15) is 342 Å². The van der Waals surface area contributed by atoms with Gasteiger partial charge in [-0.25, -0.2) is 24.0 Å². The van der Waals surface area contributed by atoms with E-state index in [-0.39, 0.29) is 87.1 Å². The van der Waals surface area contributed by atoms with Crippen molar-refractivity contribution in [2.75, 3.05) is 257 Å². The molecular weight excluding hydrogens is 1860 g/mol. The minimum Gasteiger partial charge on any atom is -0.368 e. The average Bonchev–Trinajstić information content (AvgIpc) is 0.968. The molecule has 0 radical (unpaired) electrons. The maximum absolute atomic E-state index is 12.8. The van der Waals surface area contributed by atoms with Gasteiger partial charge in [-0.1, -0.05) is 119 Å². The first-order chi connectivity index (χ1) is 110. The predicted octanol–water partition coefficient (Wildman–Crippen LogP) is 20.0. The smallest absolute Gasteiger partial charge is 0.317 e. The van der Waals surface area contributed by atoms with Gasteiger partial charge in [0, 0.05) is 351 Å². The van der Waals surface area contributed by atoms with E-state index in [0.717, 1.165) is 58.5 Å². The van der Waals surface area contributed by atoms with Gasteiger partial charge in [-0.15, -0.1) is 0 Å². The minimum atomic E-state index is -5.00. The van der Waals surface area contributed by atoms with Crippen molar-refractivity contribution in [1.82, 2.24) is 75.6 Å². The van der Waals surface area contributed by atoms with E-state index in [0.29, 0.717) is 30.9 Å². The molecule has 5 heterocycles. The number of nitrogens with one attached hydrogen (secondary N) is 5. The standard InChI is InChI=1S/5C22H35ClN4O/c5*1-17-5-4-6-20(21(17)23)27-15-13-26(14-16-27)12-11-18-7-9-19(10-8-18)24-22(28)25(2)3/h5*4-6,18-19H,7-16H2,1-3H3,(H,24,28)/i2D3,7D2,8D2,9D2,10D2,11D2,12D2,13D2,14D2,15D2,16D2,18D,19D;7D2,8D2,9D2,10D2,11D2,12D2,13D2,14D2,15D2,16D2,18D,19D;2D3,7D2,8D2,9D2,10D2,12D2,13D2,14D2,15D2,16D2,18D,19D;2D3,7D2,8D2,9D2,10D2,11D2,13D2,14D2,15D2,16D2,18D,19D;7D2,8D2,9D2,10D2,12D2,13D2,14D2,15D2,16D2,18D,19D. The molecule has 0 unspecified atom stereocenters. The summed E-state index contributed by atoms with van der Waals surface area (Å²) < 4.78 is 969. The highest BCUT2D eigenvalue weighted by molar-refractivity contribution is 6.35. The summed E-state index contributed by atoms with van der Waals surface area (Å²) in [6, 6.07) is -10.5. The van der Waals surface area contributed by atoms with Crippen LogP contribution in [0, 0.1) is 64.1 Å². The molecule has 5 N–H and O–H groups in total. The summed E-state index contributed by atoms with van der Waals surface area (Å²) >= 11 is 31.4. The monoisotopic (exact) mass is 2140 g/mol. The SMILES string of the molecule is [2H]C([2H])(CC1([2H])C([2H])([2H])C([2H])([2H])C([2H])(NC(=O)N(C)C)C([2H])([2H])C1([2H])[2H])N1C([2H])([2H])C([2H])([2H])N(c2cccc(C)c2Cl)C([2H])([2H])C1([2H])[2H].[2H]C([2H])([2H])N(C)C(=O)NC1([2H])C([2H])([2H])C([2H])([2H])C([2H])(C([2H])([2H])C([2H])([2H])N2C([2H])([2H])C([2H])([2H])N(c3cccc(C)c3Cl)C([2H])([2H])C2([2H])[2H])C([2H])([2H])C1([2H])[2H].[2H]C([2H])([2H])N(C)C(=O)NC1([2H])C([2H])([2H])C([2H])([2H])C([2H])(C([2H])([2H])CN2C([2H])([2H])C([2H])([2H])N(c3cccc(C)c3Cl)C([2H])([2H])C2([2H])[2H])C([2H])([2H])C1([2H])[2H].[2H]C([2H])([2H])N(C)C(=O)NC1([2H])C([2H])([2H])C([2H])([2H])C([2H])(CC([2H])([2H])N2C([2H])([2H])C([2H])([2H])N(c3cccc(C)c3Cl)C([2H])([2H])C2([2H])[2H])C([2H])([2H])C1([2H])[2H].[2H]C1([2H])N(c2cccc(C)c2Cl)C([2H])([2H])C([2H])([2H])N(C([2H])([2H])C([2H])([2H])C2([2H])C([2H])([2H])C([2H])([2H])C([2H])(NC(=O)N(C)C)C([2H])([2H])C2([2H])[2H])C1([2H])[2H]. The fourth-order valence-corrected chi connectivity index (χ4v) is 11.4. The van der Waals surface area contributed by atoms with Crippen LogP contribution in [0.15, 0.2) is 91.0 Å². The van der Waals surface area contributed by atoms with Gasteiger partial charge in [0.15, 0.2) is 0 Å². The van der Waals surface area contributed by atoms with Crippen LogP contribution in [0.5, 0.6) is 0 Å². The first kappa shape index (κ1) is 35.2. The zero-order chi connectivity index (χ0) is 201. The molecule has 0 aromatic heterocycles. The van der Waals surface area contributed by atoms with Crippen LogP contribution >= 0.6 is 58.0 Å². The van der Waals surface area contributed by atoms with E-state index in [4.69, 9.17) is 213 Å². The quantitative estimate of drug-likeness (QED) is 0.0370. The van der Waals surface area contributed by atoms with Gasteiger partial charge in [-0.05, 0) is 314 Å². The number of halogens is 5. The lowest BCUT2D eigenvalue weighted by atomic mass is 9.84. The number of piperazine rings is 5. The maximum Gasteiger partial charge on any atom is 0.317 e. The lowest BCUT2D eigenvalue weighted by Crippen LogP contribution is -2.47. The van der Waals surface area contributed by atoms with Gasteiger partial charge in [0.05, 0.1) is 87.8 Å². The molecule has 30 heteroatoms. The number of carbonyl (C=O) groups is 5. The molecule has 25 nitrogen and oxygen atoms in total. The Morgan fingerprint density at radius 2 is 0.479 bits per heavy atom. The first-order valence-corrected chi connectivity index (χ1v) is 42.3. The molecule has 780 valence electrons. The highest BCUT2D eigenvalue weighted by Crippen LogP contribution is 2.39. The van der Waals surface area contributed by atoms with Crippen molar-refractivity contribution in [3.63, 3.8) is 0 Å². The number of carbonyl (C=O) groups excluding carboxylic acids is 5. The van der Waals surface area contributed by atoms with Crippen LogP contribution in [-0.4, -0.2) is 342 Å². The van der Waals surface area contributed by atoms with Gasteiger partial charge in [0.25, 0.3) is 0 Å². The second kappa shape index (κ2) is 57.6. The summed E-state index contributed by atoms with van der Waals surface area (Å²) in [4.78, 5) is 60.6. The Morgan fingerprint density at radius 1 is 0.286 bits per heavy atom. The fourth-order valence-electron chi connectivity index (χ4n) is 10.3. The highest BCUT2D eigenvalue weighted by atomic mass is 35.5. The molecule has 5 aliphatic carbocycles. The van der Waals surface area contributed by atoms with Gasteiger partial charge in [0.2, 0.25) is 0 Å². The number of benzene rings is 5. The van der Waals surface area contributed by atoms with Crippen molar-refractivity contribution in [2.24, 2.45) is 29.5 Å². The largest absolute Gasteiger partial charge is 0.368 e. The van der Waals surface area contributed by atoms with E-state index in [2.05, 4.69) is 0 Å². The third-order valence-electron chi connectivity index (χ3n) is 17.8. The van der Waals surface area contributed by atoms with Gasteiger partial charge >= 0.3 is 30.2 Å². The number of rotatable bonds is 25. The average molecular weight is 2150 g/mol. The van der Waals surface area contributed by atoms with Gasteiger partial charge in [-0.3, -0.25) is 24.5 Å². The Labute approximate surface area is 1030 Å². The number of aryl methyl sites for hydroxylation is 5. The van der Waals surface area contributed by atoms with Gasteiger partial charge in [-0.2, -0.15) is 0 Å². The molecule has 0 atom stereocenters. The van der Waals surface area contributed by atoms with E-state index in [1.807, 2.05) is 0 Å². The Balaban J connectivity index is 0.000000285. The normalized spacial score (nSPS) is 56.1. The van der Waals surface area contributed by atoms with Crippen LogP contribution in [0.4, 0.5) is 52.4 Å². The topological polar surface area (TPSA) is 194 Å². The second-order valence-electron chi connectivity index (χ2n) is 28.8. The molecule has 10 aliphatic rings. The van der Waals surface area contributed by atoms with Crippen LogP contribution in [-0.2, 0) is 0 Å². The summed E-state index contributed by atoms with van der Waals surface area (Å²) in [5, 5.41) is 5.44. The molecule has 0 bridgehead atoms. The summed E-state index contributed by atoms with van der Waals surface area (Å²) in [7, 11) is 6.10. The zero-order valence-corrected chi connectivity index (χ0v) is 79.7. The molecular formula is C110H175Cl5N20O5. The molecule has 10 fully saturated rings. The van der Waals surface area contributed by atoms with E-state index in [1.165, 1.54) is 117 Å². The number of anilines is 5. The molecule has 140 heavy (non-hydrogen) atoms. The Hall–Kier alpha value is -7.30. The molecule has 5 aliphatic heterocycles. The minimum absolute atomic E-state index is 0.00218. The molecule has 0 spiro atoms. The van der Waals surface area contributed by atoms with Gasteiger partial charge < -0.3 is 75.6 Å². The fraction of sp³-hybridized carbons (Fsp3) is 0.682. The Bertz CT molecular complexity index is 10100. The van der Waals surface area contributed by atoms with E-state index in [1.54, 1.807) is 5.32 Å².